The number of hydrazone groups is 1. The Balaban J connectivity index is 2.43. The van der Waals surface area contributed by atoms with Gasteiger partial charge in [0.05, 0.1) is 17.1 Å². The van der Waals surface area contributed by atoms with Crippen molar-refractivity contribution >= 4 is 44.9 Å². The first-order chi connectivity index (χ1) is 11.9. The van der Waals surface area contributed by atoms with Gasteiger partial charge in [-0.1, -0.05) is 0 Å². The summed E-state index contributed by atoms with van der Waals surface area (Å²) in [6, 6.07) is 3.98. The van der Waals surface area contributed by atoms with Crippen LogP contribution in [0.4, 0.5) is 20.3 Å². The van der Waals surface area contributed by atoms with Crippen LogP contribution in [0, 0.1) is 11.6 Å². The topological polar surface area (TPSA) is 116 Å². The van der Waals surface area contributed by atoms with Crippen molar-refractivity contribution in [3.8, 4) is 5.75 Å². The van der Waals surface area contributed by atoms with E-state index in [9.17, 15) is 8.78 Å². The Bertz CT molecular complexity index is 807. The lowest BCUT2D eigenvalue weighted by Gasteiger charge is -2.22. The van der Waals surface area contributed by atoms with E-state index in [0.717, 1.165) is 5.01 Å². The number of halogens is 4. The molecule has 0 spiro atoms. The Labute approximate surface area is 155 Å². The summed E-state index contributed by atoms with van der Waals surface area (Å²) in [6.07, 6.45) is 1.46. The first-order valence-corrected chi connectivity index (χ1v) is 8.14. The van der Waals surface area contributed by atoms with Crippen molar-refractivity contribution in [1.82, 2.24) is 4.98 Å². The highest BCUT2D eigenvalue weighted by molar-refractivity contribution is 9.10. The second-order valence-corrected chi connectivity index (χ2v) is 5.95. The van der Waals surface area contributed by atoms with Crippen LogP contribution in [0.25, 0.3) is 0 Å². The van der Waals surface area contributed by atoms with Crippen LogP contribution in [-0.4, -0.2) is 23.3 Å². The Kier molecular flexibility index (Phi) is 6.34. The summed E-state index contributed by atoms with van der Waals surface area (Å²) in [4.78, 5) is 3.92. The van der Waals surface area contributed by atoms with E-state index in [1.165, 1.54) is 18.3 Å². The van der Waals surface area contributed by atoms with Gasteiger partial charge in [0.25, 0.3) is 0 Å². The maximum atomic E-state index is 14.4. The highest BCUT2D eigenvalue weighted by Crippen LogP contribution is 2.29. The molecule has 0 saturated heterocycles. The van der Waals surface area contributed by atoms with Crippen molar-refractivity contribution in [1.29, 1.82) is 0 Å². The number of nitrogen functional groups attached to an aromatic ring is 1. The predicted molar refractivity (Wildman–Crippen MR) is 96.3 cm³/mol. The normalized spacial score (nSPS) is 11.5. The standard InChI is InChI=1S/C14H14BrClF2N6O/c15-7-5-8(13(19)22-6-7)14(23-20)24(21)9-1-2-10(25-4-3-16)12(18)11(9)17/h1-2,5-6H,3-4,20-21H2,(H2,19,22)/b23-14-. The molecule has 0 amide bonds. The van der Waals surface area contributed by atoms with Crippen LogP contribution in [0.1, 0.15) is 5.56 Å². The third-order valence-corrected chi connectivity index (χ3v) is 3.69. The first-order valence-electron chi connectivity index (χ1n) is 6.81. The number of hydrazine groups is 1. The van der Waals surface area contributed by atoms with Gasteiger partial charge in [-0.15, -0.1) is 11.6 Å². The number of benzene rings is 1. The van der Waals surface area contributed by atoms with E-state index in [0.29, 0.717) is 4.47 Å². The van der Waals surface area contributed by atoms with Crippen molar-refractivity contribution < 1.29 is 13.5 Å². The molecule has 0 aliphatic carbocycles. The molecule has 1 aromatic carbocycles. The van der Waals surface area contributed by atoms with Crippen molar-refractivity contribution in [2.45, 2.75) is 0 Å². The molecule has 2 rings (SSSR count). The molecular formula is C14H14BrClF2N6O. The summed E-state index contributed by atoms with van der Waals surface area (Å²) in [7, 11) is 0. The number of nitrogens with two attached hydrogens (primary N) is 3. The average Bonchev–Trinajstić information content (AvgIpc) is 2.59. The largest absolute Gasteiger partial charge is 0.489 e. The van der Waals surface area contributed by atoms with Crippen molar-refractivity contribution in [2.24, 2.45) is 16.8 Å². The Morgan fingerprint density at radius 2 is 2.08 bits per heavy atom. The van der Waals surface area contributed by atoms with Crippen molar-refractivity contribution in [3.05, 3.63) is 46.1 Å². The fraction of sp³-hybridized carbons (Fsp3) is 0.143. The molecule has 0 unspecified atom stereocenters. The predicted octanol–water partition coefficient (Wildman–Crippen LogP) is 2.32. The molecule has 2 aromatic rings. The van der Waals surface area contributed by atoms with Crippen LogP contribution in [0.5, 0.6) is 5.75 Å². The number of hydrogen-bond donors (Lipinski definition) is 3. The average molecular weight is 436 g/mol. The van der Waals surface area contributed by atoms with E-state index in [-0.39, 0.29) is 41.1 Å². The fourth-order valence-corrected chi connectivity index (χ4v) is 2.38. The van der Waals surface area contributed by atoms with Crippen molar-refractivity contribution in [2.75, 3.05) is 23.2 Å². The van der Waals surface area contributed by atoms with E-state index in [2.05, 4.69) is 26.0 Å². The zero-order valence-corrected chi connectivity index (χ0v) is 15.1. The molecule has 1 aromatic heterocycles. The molecule has 11 heteroatoms. The number of ether oxygens (including phenoxy) is 1. The SMILES string of the molecule is N/N=C(/c1cc(Br)cnc1N)N(N)c1ccc(OCCCl)c(F)c1F. The zero-order chi connectivity index (χ0) is 18.6. The highest BCUT2D eigenvalue weighted by Gasteiger charge is 2.23. The minimum atomic E-state index is -1.24. The van der Waals surface area contributed by atoms with E-state index in [1.54, 1.807) is 6.07 Å². The third kappa shape index (κ3) is 4.09. The van der Waals surface area contributed by atoms with E-state index < -0.39 is 11.6 Å². The second-order valence-electron chi connectivity index (χ2n) is 4.66. The first kappa shape index (κ1) is 19.2. The summed E-state index contributed by atoms with van der Waals surface area (Å²) < 4.78 is 34.1. The van der Waals surface area contributed by atoms with Gasteiger partial charge in [-0.25, -0.2) is 15.2 Å². The Morgan fingerprint density at radius 3 is 2.72 bits per heavy atom. The molecule has 1 heterocycles. The second kappa shape index (κ2) is 8.28. The number of alkyl halides is 1. The van der Waals surface area contributed by atoms with Crippen molar-refractivity contribution in [3.63, 3.8) is 0 Å². The lowest BCUT2D eigenvalue weighted by atomic mass is 10.2. The lowest BCUT2D eigenvalue weighted by Crippen LogP contribution is -2.40. The summed E-state index contributed by atoms with van der Waals surface area (Å²) in [6.45, 7) is 0.0271. The van der Waals surface area contributed by atoms with Gasteiger partial charge >= 0.3 is 0 Å². The molecule has 0 saturated carbocycles. The van der Waals surface area contributed by atoms with Crippen LogP contribution >= 0.6 is 27.5 Å². The van der Waals surface area contributed by atoms with Crippen LogP contribution < -0.4 is 27.2 Å². The smallest absolute Gasteiger partial charge is 0.202 e. The maximum Gasteiger partial charge on any atom is 0.202 e. The molecule has 0 bridgehead atoms. The highest BCUT2D eigenvalue weighted by atomic mass is 79.9. The summed E-state index contributed by atoms with van der Waals surface area (Å²) >= 11 is 8.68. The Morgan fingerprint density at radius 1 is 1.36 bits per heavy atom. The maximum absolute atomic E-state index is 14.4. The van der Waals surface area contributed by atoms with Gasteiger partial charge in [-0.3, -0.25) is 5.01 Å². The number of anilines is 2. The van der Waals surface area contributed by atoms with Gasteiger partial charge in [-0.05, 0) is 34.1 Å². The monoisotopic (exact) mass is 434 g/mol. The van der Waals surface area contributed by atoms with Gasteiger partial charge in [0, 0.05) is 10.7 Å². The van der Waals surface area contributed by atoms with Crippen LogP contribution in [0.2, 0.25) is 0 Å². The number of aromatic nitrogens is 1. The number of hydrogen-bond acceptors (Lipinski definition) is 6. The summed E-state index contributed by atoms with van der Waals surface area (Å²) in [5.41, 5.74) is 5.70. The lowest BCUT2D eigenvalue weighted by molar-refractivity contribution is 0.316. The molecule has 0 atom stereocenters. The van der Waals surface area contributed by atoms with Gasteiger partial charge < -0.3 is 16.3 Å². The fourth-order valence-electron chi connectivity index (χ4n) is 1.97. The molecule has 6 N–H and O–H groups in total. The third-order valence-electron chi connectivity index (χ3n) is 3.10. The molecule has 0 aliphatic heterocycles. The Hall–Kier alpha value is -2.17. The quantitative estimate of drug-likeness (QED) is 0.218. The minimum absolute atomic E-state index is 0.0271. The number of pyridine rings is 1. The minimum Gasteiger partial charge on any atom is -0.489 e. The van der Waals surface area contributed by atoms with E-state index >= 15 is 0 Å². The van der Waals surface area contributed by atoms with Gasteiger partial charge in [0.1, 0.15) is 12.4 Å². The van der Waals surface area contributed by atoms with Gasteiger partial charge in [0.15, 0.2) is 17.4 Å². The molecule has 0 aliphatic rings. The molecule has 0 radical (unpaired) electrons. The number of nitrogens with zero attached hydrogens (tertiary/aromatic N) is 3. The summed E-state index contributed by atoms with van der Waals surface area (Å²) in [5, 5.41) is 4.29. The van der Waals surface area contributed by atoms with E-state index in [4.69, 9.17) is 33.8 Å². The molecule has 7 nitrogen and oxygen atoms in total. The molecule has 134 valence electrons. The molecule has 25 heavy (non-hydrogen) atoms. The van der Waals surface area contributed by atoms with Crippen LogP contribution in [-0.2, 0) is 0 Å². The molecular weight excluding hydrogens is 422 g/mol. The van der Waals surface area contributed by atoms with Crippen LogP contribution in [0.3, 0.4) is 0 Å². The number of rotatable bonds is 5. The van der Waals surface area contributed by atoms with Crippen LogP contribution in [0.15, 0.2) is 34.0 Å². The summed E-state index contributed by atoms with van der Waals surface area (Å²) in [5.74, 6) is 8.57. The van der Waals surface area contributed by atoms with Gasteiger partial charge in [-0.2, -0.15) is 9.49 Å². The number of amidine groups is 1. The van der Waals surface area contributed by atoms with Gasteiger partial charge in [0.2, 0.25) is 5.82 Å². The molecule has 0 fully saturated rings. The zero-order valence-electron chi connectivity index (χ0n) is 12.7. The van der Waals surface area contributed by atoms with E-state index in [1.807, 2.05) is 0 Å².